The average molecular weight is 509 g/mol. The Kier molecular flexibility index (Phi) is 9.75. The van der Waals surface area contributed by atoms with Gasteiger partial charge >= 0.3 is 29.9 Å². The third kappa shape index (κ3) is 7.54. The summed E-state index contributed by atoms with van der Waals surface area (Å²) < 4.78 is 44.7. The van der Waals surface area contributed by atoms with Crippen LogP contribution in [0.4, 0.5) is 0 Å². The largest absolute Gasteiger partial charge is 0.490 e. The number of methoxy groups -OCH3 is 1. The second-order valence-corrected chi connectivity index (χ2v) is 9.52. The molecule has 1 saturated heterocycles. The second kappa shape index (κ2) is 10.8. The molecule has 2 rings (SSSR count). The zero-order valence-corrected chi connectivity index (χ0v) is 18.0. The smallest absolute Gasteiger partial charge is 0.487 e. The van der Waals surface area contributed by atoms with Crippen molar-refractivity contribution in [3.8, 4) is 5.75 Å². The first-order chi connectivity index (χ1) is 13.7. The van der Waals surface area contributed by atoms with Crippen LogP contribution in [0, 0.1) is 0 Å². The Morgan fingerprint density at radius 2 is 1.84 bits per heavy atom. The number of hydrogen-bond acceptors (Lipinski definition) is 12. The van der Waals surface area contributed by atoms with Crippen molar-refractivity contribution in [1.29, 1.82) is 0 Å². The molecule has 0 aromatic carbocycles. The molecule has 1 aromatic rings. The quantitative estimate of drug-likeness (QED) is 0.132. The van der Waals surface area contributed by atoms with Gasteiger partial charge in [0, 0.05) is 8.41 Å². The summed E-state index contributed by atoms with van der Waals surface area (Å²) in [5.74, 6) is -0.296. The minimum atomic E-state index is -5.42. The normalized spacial score (nSPS) is 26.7. The van der Waals surface area contributed by atoms with E-state index < -0.39 is 66.6 Å². The number of aromatic nitrogens is 2. The molecule has 1 unspecified atom stereocenters. The van der Waals surface area contributed by atoms with E-state index in [1.807, 2.05) is 4.98 Å². The number of phosphoric acid groups is 2. The highest BCUT2D eigenvalue weighted by Crippen LogP contribution is 2.63. The molecule has 17 nitrogen and oxygen atoms in total. The van der Waals surface area contributed by atoms with Crippen molar-refractivity contribution in [3.63, 3.8) is 0 Å². The highest BCUT2D eigenvalue weighted by molar-refractivity contribution is 7.65. The first-order valence-corrected chi connectivity index (χ1v) is 11.7. The molecular formula is C10H17BN2O15P3. The first-order valence-electron chi connectivity index (χ1n) is 7.56. The molecule has 1 aliphatic rings. The number of rotatable bonds is 9. The van der Waals surface area contributed by atoms with Crippen LogP contribution in [-0.2, 0) is 27.0 Å². The van der Waals surface area contributed by atoms with Crippen LogP contribution in [0.3, 0.4) is 0 Å². The van der Waals surface area contributed by atoms with Crippen LogP contribution in [0.5, 0.6) is 5.75 Å². The van der Waals surface area contributed by atoms with Crippen LogP contribution >= 0.6 is 24.2 Å². The number of nitrogens with zero attached hydrogens (tertiary/aromatic N) is 1. The number of nitrogens with one attached hydrogen (secondary N) is 1. The molecule has 6 atom stereocenters. The zero-order chi connectivity index (χ0) is 22.9. The Morgan fingerprint density at radius 3 is 2.39 bits per heavy atom. The summed E-state index contributed by atoms with van der Waals surface area (Å²) >= 11 is 0. The molecule has 3 radical (unpaired) electrons. The monoisotopic (exact) mass is 509 g/mol. The van der Waals surface area contributed by atoms with E-state index in [2.05, 4.69) is 13.1 Å². The molecular weight excluding hydrogens is 492 g/mol. The maximum absolute atomic E-state index is 11.9. The van der Waals surface area contributed by atoms with Crippen molar-refractivity contribution >= 4 is 32.7 Å². The molecule has 0 bridgehead atoms. The van der Waals surface area contributed by atoms with Gasteiger partial charge in [0.1, 0.15) is 18.3 Å². The SMILES string of the molecule is COc1cn([C@@H]2O[C@H](CO[P@](O)OP(=O)(O)OP(=O)(O)O)[C@@H](O)[C@H]2O)c(=O)[nH]c1=O.[B]. The Labute approximate surface area is 175 Å². The fraction of sp³-hybridized carbons (Fsp3) is 0.600. The van der Waals surface area contributed by atoms with Crippen molar-refractivity contribution < 1.29 is 61.5 Å². The lowest BCUT2D eigenvalue weighted by atomic mass is 10.1. The number of hydrogen-bond donors (Lipinski definition) is 7. The highest BCUT2D eigenvalue weighted by atomic mass is 31.3. The lowest BCUT2D eigenvalue weighted by molar-refractivity contribution is -0.0528. The van der Waals surface area contributed by atoms with Crippen LogP contribution in [0.25, 0.3) is 0 Å². The predicted molar refractivity (Wildman–Crippen MR) is 98.7 cm³/mol. The fourth-order valence-electron chi connectivity index (χ4n) is 2.30. The minimum absolute atomic E-state index is 0. The molecule has 21 heteroatoms. The van der Waals surface area contributed by atoms with Crippen molar-refractivity contribution in [2.75, 3.05) is 13.7 Å². The van der Waals surface area contributed by atoms with Crippen molar-refractivity contribution in [3.05, 3.63) is 27.0 Å². The van der Waals surface area contributed by atoms with E-state index in [4.69, 9.17) is 24.2 Å². The molecule has 1 fully saturated rings. The van der Waals surface area contributed by atoms with Gasteiger partial charge in [0.15, 0.2) is 6.23 Å². The fourth-order valence-corrected chi connectivity index (χ4v) is 4.93. The van der Waals surface area contributed by atoms with Gasteiger partial charge in [-0.3, -0.25) is 14.3 Å². The minimum Gasteiger partial charge on any atom is -0.490 e. The van der Waals surface area contributed by atoms with Gasteiger partial charge in [-0.2, -0.15) is 4.31 Å². The zero-order valence-electron chi connectivity index (χ0n) is 15.3. The predicted octanol–water partition coefficient (Wildman–Crippen LogP) is -2.75. The van der Waals surface area contributed by atoms with Crippen LogP contribution in [0.2, 0.25) is 0 Å². The van der Waals surface area contributed by atoms with Crippen molar-refractivity contribution in [2.45, 2.75) is 24.5 Å². The van der Waals surface area contributed by atoms with Gasteiger partial charge in [-0.25, -0.2) is 18.2 Å². The van der Waals surface area contributed by atoms with Gasteiger partial charge in [0.05, 0.1) is 19.9 Å². The average Bonchev–Trinajstić information content (AvgIpc) is 2.86. The summed E-state index contributed by atoms with van der Waals surface area (Å²) in [7, 11) is -12.9. The number of aliphatic hydroxyl groups excluding tert-OH is 2. The standard InChI is InChI=1S/C10H17N2O15P3.B/c1-23-4-2-12(10(16)11-8(4)15)9-7(14)6(13)5(25-9)3-24-28(17)26-30(21,22)27-29(18,19)20;/h2,5-7,9,13-14,17H,3H2,1H3,(H,21,22)(H,11,15,16)(H2,18,19,20);/t5-,6-,7-,9-,28+;/m1./s1. The van der Waals surface area contributed by atoms with Gasteiger partial charge in [0.2, 0.25) is 5.75 Å². The van der Waals surface area contributed by atoms with Crippen LogP contribution in [0.15, 0.2) is 15.8 Å². The molecule has 0 amide bonds. The third-order valence-electron chi connectivity index (χ3n) is 3.50. The van der Waals surface area contributed by atoms with E-state index >= 15 is 0 Å². The van der Waals surface area contributed by atoms with E-state index in [0.29, 0.717) is 0 Å². The maximum atomic E-state index is 11.9. The van der Waals surface area contributed by atoms with Crippen molar-refractivity contribution in [1.82, 2.24) is 9.55 Å². The molecule has 7 N–H and O–H groups in total. The Morgan fingerprint density at radius 1 is 1.23 bits per heavy atom. The van der Waals surface area contributed by atoms with Gasteiger partial charge in [-0.15, -0.1) is 0 Å². The summed E-state index contributed by atoms with van der Waals surface area (Å²) in [5, 5.41) is 20.2. The Bertz CT molecular complexity index is 963. The Hall–Kier alpha value is -0.965. The maximum Gasteiger partial charge on any atom is 0.487 e. The summed E-state index contributed by atoms with van der Waals surface area (Å²) in [4.78, 5) is 60.9. The van der Waals surface area contributed by atoms with E-state index in [0.717, 1.165) is 17.9 Å². The molecule has 1 aliphatic heterocycles. The van der Waals surface area contributed by atoms with E-state index in [1.54, 1.807) is 0 Å². The van der Waals surface area contributed by atoms with E-state index in [1.165, 1.54) is 0 Å². The molecule has 0 saturated carbocycles. The number of aliphatic hydroxyl groups is 2. The summed E-state index contributed by atoms with van der Waals surface area (Å²) in [6.45, 7) is -0.762. The van der Waals surface area contributed by atoms with E-state index in [-0.39, 0.29) is 14.2 Å². The number of aromatic amines is 1. The molecule has 175 valence electrons. The molecule has 1 aromatic heterocycles. The second-order valence-electron chi connectivity index (χ2n) is 5.57. The number of ether oxygens (including phenoxy) is 2. The summed E-state index contributed by atoms with van der Waals surface area (Å²) in [6, 6.07) is 0. The van der Waals surface area contributed by atoms with Crippen LogP contribution < -0.4 is 16.0 Å². The summed E-state index contributed by atoms with van der Waals surface area (Å²) in [6.07, 6.45) is -5.39. The van der Waals surface area contributed by atoms with Gasteiger partial charge in [-0.1, -0.05) is 0 Å². The third-order valence-corrected chi connectivity index (χ3v) is 6.93. The van der Waals surface area contributed by atoms with Gasteiger partial charge in [-0.05, 0) is 0 Å². The van der Waals surface area contributed by atoms with Crippen LogP contribution in [0.1, 0.15) is 6.23 Å². The molecule has 0 aliphatic carbocycles. The molecule has 31 heavy (non-hydrogen) atoms. The van der Waals surface area contributed by atoms with Crippen LogP contribution in [-0.4, -0.2) is 79.8 Å². The van der Waals surface area contributed by atoms with Gasteiger partial charge in [0.25, 0.3) is 5.56 Å². The lowest BCUT2D eigenvalue weighted by Crippen LogP contribution is -2.38. The molecule has 0 spiro atoms. The highest BCUT2D eigenvalue weighted by Gasteiger charge is 2.45. The Balaban J connectivity index is 0.00000480. The number of H-pyrrole nitrogens is 1. The topological polar surface area (TPSA) is 257 Å². The van der Waals surface area contributed by atoms with Crippen molar-refractivity contribution in [2.24, 2.45) is 0 Å². The lowest BCUT2D eigenvalue weighted by Gasteiger charge is -2.18. The first kappa shape index (κ1) is 28.1. The summed E-state index contributed by atoms with van der Waals surface area (Å²) in [5.41, 5.74) is -1.84. The molecule has 2 heterocycles. The van der Waals surface area contributed by atoms with E-state index in [9.17, 15) is 33.8 Å². The van der Waals surface area contributed by atoms with Gasteiger partial charge < -0.3 is 43.8 Å².